The molecule has 1 saturated heterocycles. The molecule has 11 heteroatoms. The number of benzene rings is 2. The molecule has 1 fully saturated rings. The summed E-state index contributed by atoms with van der Waals surface area (Å²) in [6.07, 6.45) is 0.513. The Labute approximate surface area is 172 Å². The Balaban J connectivity index is 1.61. The SMILES string of the molecule is Cc1cc([N+](=O)[O-])ccc1NC(=O)COC(=O)c1cccc(N2CCCS2(=O)=O)c1. The number of esters is 1. The summed E-state index contributed by atoms with van der Waals surface area (Å²) in [7, 11) is -3.38. The Bertz CT molecular complexity index is 1110. The lowest BCUT2D eigenvalue weighted by Crippen LogP contribution is -2.25. The minimum atomic E-state index is -3.38. The minimum absolute atomic E-state index is 0.0594. The Morgan fingerprint density at radius 3 is 2.63 bits per heavy atom. The van der Waals surface area contributed by atoms with Gasteiger partial charge in [0.1, 0.15) is 0 Å². The third-order valence-electron chi connectivity index (χ3n) is 4.50. The van der Waals surface area contributed by atoms with Gasteiger partial charge in [0.2, 0.25) is 10.0 Å². The molecule has 1 heterocycles. The second-order valence-electron chi connectivity index (χ2n) is 6.67. The van der Waals surface area contributed by atoms with Crippen LogP contribution in [0.3, 0.4) is 0 Å². The number of nitro benzene ring substituents is 1. The highest BCUT2D eigenvalue weighted by molar-refractivity contribution is 7.93. The van der Waals surface area contributed by atoms with Crippen LogP contribution >= 0.6 is 0 Å². The molecule has 0 radical (unpaired) electrons. The first-order valence-electron chi connectivity index (χ1n) is 9.00. The summed E-state index contributed by atoms with van der Waals surface area (Å²) in [6, 6.07) is 9.97. The van der Waals surface area contributed by atoms with E-state index in [0.29, 0.717) is 29.9 Å². The van der Waals surface area contributed by atoms with Crippen LogP contribution < -0.4 is 9.62 Å². The molecule has 0 spiro atoms. The number of hydrogen-bond acceptors (Lipinski definition) is 7. The summed E-state index contributed by atoms with van der Waals surface area (Å²) in [6.45, 7) is 1.38. The number of hydrogen-bond donors (Lipinski definition) is 1. The number of nitrogens with zero attached hydrogens (tertiary/aromatic N) is 2. The van der Waals surface area contributed by atoms with Gasteiger partial charge in [-0.25, -0.2) is 13.2 Å². The zero-order valence-electron chi connectivity index (χ0n) is 16.0. The van der Waals surface area contributed by atoms with Crippen molar-refractivity contribution >= 4 is 39.0 Å². The van der Waals surface area contributed by atoms with Gasteiger partial charge >= 0.3 is 5.97 Å². The van der Waals surface area contributed by atoms with Crippen LogP contribution in [0.4, 0.5) is 17.1 Å². The lowest BCUT2D eigenvalue weighted by atomic mass is 10.2. The Kier molecular flexibility index (Phi) is 6.01. The van der Waals surface area contributed by atoms with Crippen LogP contribution in [0.15, 0.2) is 42.5 Å². The highest BCUT2D eigenvalue weighted by Crippen LogP contribution is 2.25. The molecule has 0 saturated carbocycles. The van der Waals surface area contributed by atoms with Crippen molar-refractivity contribution in [3.05, 3.63) is 63.7 Å². The van der Waals surface area contributed by atoms with Crippen LogP contribution in [0.1, 0.15) is 22.3 Å². The number of carbonyl (C=O) groups excluding carboxylic acids is 2. The van der Waals surface area contributed by atoms with Gasteiger partial charge in [0.15, 0.2) is 6.61 Å². The maximum atomic E-state index is 12.3. The first kappa shape index (κ1) is 21.2. The summed E-state index contributed by atoms with van der Waals surface area (Å²) < 4.78 is 30.3. The highest BCUT2D eigenvalue weighted by atomic mass is 32.2. The average molecular weight is 433 g/mol. The molecule has 30 heavy (non-hydrogen) atoms. The summed E-state index contributed by atoms with van der Waals surface area (Å²) in [5, 5.41) is 13.3. The molecule has 0 aliphatic carbocycles. The summed E-state index contributed by atoms with van der Waals surface area (Å²) in [5.74, 6) is -1.33. The van der Waals surface area contributed by atoms with Gasteiger partial charge in [0.05, 0.1) is 21.9 Å². The number of non-ortho nitro benzene ring substituents is 1. The number of nitro groups is 1. The molecule has 0 bridgehead atoms. The molecule has 3 rings (SSSR count). The first-order chi connectivity index (χ1) is 14.2. The molecule has 10 nitrogen and oxygen atoms in total. The standard InChI is InChI=1S/C19H19N3O7S/c1-13-10-16(22(25)26)6-7-17(13)20-18(23)12-29-19(24)14-4-2-5-15(11-14)21-8-3-9-30(21,27)28/h2,4-7,10-11H,3,8-9,12H2,1H3,(H,20,23). The third-order valence-corrected chi connectivity index (χ3v) is 6.37. The van der Waals surface area contributed by atoms with Gasteiger partial charge in [0.25, 0.3) is 11.6 Å². The monoisotopic (exact) mass is 433 g/mol. The number of nitrogens with one attached hydrogen (secondary N) is 1. The smallest absolute Gasteiger partial charge is 0.338 e. The third kappa shape index (κ3) is 4.74. The van der Waals surface area contributed by atoms with E-state index in [0.717, 1.165) is 0 Å². The van der Waals surface area contributed by atoms with Gasteiger partial charge in [-0.15, -0.1) is 0 Å². The topological polar surface area (TPSA) is 136 Å². The van der Waals surface area contributed by atoms with Gasteiger partial charge in [-0.3, -0.25) is 19.2 Å². The van der Waals surface area contributed by atoms with Crippen LogP contribution in [-0.2, 0) is 19.6 Å². The Morgan fingerprint density at radius 2 is 2.00 bits per heavy atom. The van der Waals surface area contributed by atoms with Crippen molar-refractivity contribution in [2.75, 3.05) is 28.5 Å². The number of ether oxygens (including phenoxy) is 1. The molecule has 1 aliphatic rings. The highest BCUT2D eigenvalue weighted by Gasteiger charge is 2.28. The van der Waals surface area contributed by atoms with E-state index in [2.05, 4.69) is 5.32 Å². The number of carbonyl (C=O) groups is 2. The number of rotatable bonds is 6. The zero-order valence-corrected chi connectivity index (χ0v) is 16.8. The van der Waals surface area contributed by atoms with E-state index in [1.54, 1.807) is 19.1 Å². The van der Waals surface area contributed by atoms with Gasteiger partial charge in [-0.05, 0) is 43.2 Å². The van der Waals surface area contributed by atoms with E-state index in [4.69, 9.17) is 4.74 Å². The quantitative estimate of drug-likeness (QED) is 0.419. The van der Waals surface area contributed by atoms with Crippen LogP contribution in [0.25, 0.3) is 0 Å². The first-order valence-corrected chi connectivity index (χ1v) is 10.6. The molecule has 0 atom stereocenters. The zero-order chi connectivity index (χ0) is 21.9. The normalized spacial score (nSPS) is 14.9. The lowest BCUT2D eigenvalue weighted by molar-refractivity contribution is -0.384. The fraction of sp³-hybridized carbons (Fsp3) is 0.263. The number of aryl methyl sites for hydroxylation is 1. The van der Waals surface area contributed by atoms with Crippen molar-refractivity contribution in [2.24, 2.45) is 0 Å². The average Bonchev–Trinajstić information content (AvgIpc) is 3.06. The van der Waals surface area contributed by atoms with Crippen LogP contribution in [0, 0.1) is 17.0 Å². The van der Waals surface area contributed by atoms with Crippen molar-refractivity contribution < 1.29 is 27.7 Å². The lowest BCUT2D eigenvalue weighted by Gasteiger charge is -2.17. The van der Waals surface area contributed by atoms with E-state index in [1.807, 2.05) is 0 Å². The van der Waals surface area contributed by atoms with Crippen molar-refractivity contribution in [3.8, 4) is 0 Å². The van der Waals surface area contributed by atoms with Crippen molar-refractivity contribution in [3.63, 3.8) is 0 Å². The number of sulfonamides is 1. The summed E-state index contributed by atoms with van der Waals surface area (Å²) in [5.41, 5.74) is 1.24. The van der Waals surface area contributed by atoms with Gasteiger partial charge in [-0.2, -0.15) is 0 Å². The van der Waals surface area contributed by atoms with E-state index >= 15 is 0 Å². The van der Waals surface area contributed by atoms with Crippen molar-refractivity contribution in [2.45, 2.75) is 13.3 Å². The Hall–Kier alpha value is -3.47. The fourth-order valence-electron chi connectivity index (χ4n) is 3.02. The van der Waals surface area contributed by atoms with Crippen LogP contribution in [0.2, 0.25) is 0 Å². The molecular weight excluding hydrogens is 414 g/mol. The molecular formula is C19H19N3O7S. The molecule has 1 N–H and O–H groups in total. The molecule has 158 valence electrons. The molecule has 0 aromatic heterocycles. The maximum Gasteiger partial charge on any atom is 0.338 e. The van der Waals surface area contributed by atoms with E-state index in [-0.39, 0.29) is 17.0 Å². The summed E-state index contributed by atoms with van der Waals surface area (Å²) in [4.78, 5) is 34.6. The Morgan fingerprint density at radius 1 is 1.23 bits per heavy atom. The van der Waals surface area contributed by atoms with E-state index in [1.165, 1.54) is 34.6 Å². The second-order valence-corrected chi connectivity index (χ2v) is 8.69. The van der Waals surface area contributed by atoms with Crippen LogP contribution in [-0.4, -0.2) is 44.1 Å². The van der Waals surface area contributed by atoms with E-state index in [9.17, 15) is 28.1 Å². The molecule has 0 unspecified atom stereocenters. The second kappa shape index (κ2) is 8.49. The predicted octanol–water partition coefficient (Wildman–Crippen LogP) is 2.24. The number of amides is 1. The maximum absolute atomic E-state index is 12.3. The van der Waals surface area contributed by atoms with Crippen molar-refractivity contribution in [1.82, 2.24) is 0 Å². The molecule has 2 aromatic carbocycles. The van der Waals surface area contributed by atoms with Crippen LogP contribution in [0.5, 0.6) is 0 Å². The minimum Gasteiger partial charge on any atom is -0.452 e. The van der Waals surface area contributed by atoms with Crippen molar-refractivity contribution in [1.29, 1.82) is 0 Å². The predicted molar refractivity (Wildman–Crippen MR) is 109 cm³/mol. The fourth-order valence-corrected chi connectivity index (χ4v) is 4.58. The molecule has 1 aliphatic heterocycles. The van der Waals surface area contributed by atoms with Gasteiger partial charge < -0.3 is 10.1 Å². The largest absolute Gasteiger partial charge is 0.452 e. The van der Waals surface area contributed by atoms with E-state index < -0.39 is 33.4 Å². The van der Waals surface area contributed by atoms with Gasteiger partial charge in [-0.1, -0.05) is 6.07 Å². The summed E-state index contributed by atoms with van der Waals surface area (Å²) >= 11 is 0. The molecule has 1 amide bonds. The number of anilines is 2. The molecule has 2 aromatic rings. The van der Waals surface area contributed by atoms with Gasteiger partial charge in [0, 0.05) is 24.4 Å².